The van der Waals surface area contributed by atoms with Crippen LogP contribution in [0.2, 0.25) is 0 Å². The van der Waals surface area contributed by atoms with Crippen LogP contribution in [0.4, 0.5) is 5.69 Å². The van der Waals surface area contributed by atoms with Gasteiger partial charge in [-0.05, 0) is 51.9 Å². The predicted octanol–water partition coefficient (Wildman–Crippen LogP) is 6.37. The van der Waals surface area contributed by atoms with E-state index in [2.05, 4.69) is 34.7 Å². The van der Waals surface area contributed by atoms with Crippen LogP contribution in [-0.4, -0.2) is 41.7 Å². The van der Waals surface area contributed by atoms with Crippen LogP contribution >= 0.6 is 0 Å². The number of hydrogen-bond donors (Lipinski definition) is 3. The summed E-state index contributed by atoms with van der Waals surface area (Å²) >= 11 is 0. The number of rotatable bonds is 14. The molecule has 48 heavy (non-hydrogen) atoms. The van der Waals surface area contributed by atoms with Crippen molar-refractivity contribution in [1.82, 2.24) is 5.32 Å². The van der Waals surface area contributed by atoms with Crippen molar-refractivity contribution in [3.63, 3.8) is 0 Å². The molecule has 3 N–H and O–H groups in total. The van der Waals surface area contributed by atoms with E-state index in [4.69, 9.17) is 4.74 Å². The third-order valence-corrected chi connectivity index (χ3v) is 8.31. The minimum Gasteiger partial charge on any atom is -0.599 e. The maximum absolute atomic E-state index is 13.7. The van der Waals surface area contributed by atoms with E-state index in [-0.39, 0.29) is 31.5 Å². The van der Waals surface area contributed by atoms with Gasteiger partial charge in [-0.25, -0.2) is 0 Å². The number of carbonyl (C=O) groups is 2. The summed E-state index contributed by atoms with van der Waals surface area (Å²) in [7, 11) is 0. The molecule has 252 valence electrons. The molecule has 0 bridgehead atoms. The molecule has 0 radical (unpaired) electrons. The van der Waals surface area contributed by atoms with E-state index in [1.54, 1.807) is 24.3 Å². The summed E-state index contributed by atoms with van der Waals surface area (Å²) in [6, 6.07) is 30.4. The summed E-state index contributed by atoms with van der Waals surface area (Å²) in [5, 5.41) is 28.3. The highest BCUT2D eigenvalue weighted by Gasteiger charge is 2.28. The van der Waals surface area contributed by atoms with Crippen LogP contribution in [0.25, 0.3) is 11.1 Å². The summed E-state index contributed by atoms with van der Waals surface area (Å²) in [6.45, 7) is 6.06. The number of amides is 2. The average molecular weight is 649 g/mol. The van der Waals surface area contributed by atoms with Crippen LogP contribution in [-0.2, 0) is 27.4 Å². The Balaban J connectivity index is 0.00000255. The summed E-state index contributed by atoms with van der Waals surface area (Å²) in [6.07, 6.45) is 2.38. The van der Waals surface area contributed by atoms with Gasteiger partial charge in [0, 0.05) is 24.6 Å². The molecule has 0 heterocycles. The summed E-state index contributed by atoms with van der Waals surface area (Å²) in [4.78, 5) is 31.3. The lowest BCUT2D eigenvalue weighted by Gasteiger charge is -2.24. The first-order valence-electron chi connectivity index (χ1n) is 16.9. The second kappa shape index (κ2) is 18.4. The van der Waals surface area contributed by atoms with Gasteiger partial charge in [0.1, 0.15) is 18.2 Å². The highest BCUT2D eigenvalue weighted by atomic mass is 16.6. The van der Waals surface area contributed by atoms with Crippen LogP contribution in [0.1, 0.15) is 74.6 Å². The molecule has 0 aliphatic heterocycles. The van der Waals surface area contributed by atoms with E-state index in [9.17, 15) is 19.8 Å². The quantitative estimate of drug-likeness (QED) is 0.0834. The number of carbonyl (C=O) groups excluding carboxylic acids is 2. The van der Waals surface area contributed by atoms with Crippen LogP contribution in [0.5, 0.6) is 0 Å². The van der Waals surface area contributed by atoms with Gasteiger partial charge in [0.25, 0.3) is 0 Å². The standard InChI is InChI=1S/C38H41N3O5.C2H6/c1-2-3-5-18-34(36(43)39-28-21-19-27(24-42)20-22-28)40-37(44)35(23-26-12-6-4-7-13-26)41-38(45)46-25-33-31-16-10-8-14-29(31)30-15-9-11-17-32(30)33;1-2/h4,6-17,19-22,33-35,42H,2-3,5,18,23-25H2,1H3,(H,39,43)(H,40,44)(H,41,45);1-2H3/p-1/t34-,35+;/m0./s1. The minimum atomic E-state index is -1.09. The van der Waals surface area contributed by atoms with Gasteiger partial charge in [0.15, 0.2) is 0 Å². The summed E-state index contributed by atoms with van der Waals surface area (Å²) in [5.41, 5.74) is 6.52. The Morgan fingerprint density at radius 2 is 1.42 bits per heavy atom. The SMILES string of the molecule is CC.CCCCC[C@H](NC(=O)[C@@H](Cc1ccccc1)N=C([O-])OCC1c2ccccc2-c2ccccc21)C(=O)Nc1ccc(CO)cc1. The number of nitrogens with one attached hydrogen (secondary N) is 2. The molecule has 2 atom stereocenters. The highest BCUT2D eigenvalue weighted by Crippen LogP contribution is 2.44. The highest BCUT2D eigenvalue weighted by molar-refractivity contribution is 5.98. The molecule has 8 nitrogen and oxygen atoms in total. The third-order valence-electron chi connectivity index (χ3n) is 8.31. The molecule has 2 amide bonds. The van der Waals surface area contributed by atoms with Crippen LogP contribution < -0.4 is 15.7 Å². The largest absolute Gasteiger partial charge is 0.599 e. The zero-order chi connectivity index (χ0) is 34.3. The zero-order valence-electron chi connectivity index (χ0n) is 28.0. The lowest BCUT2D eigenvalue weighted by molar-refractivity contribution is -0.251. The predicted molar refractivity (Wildman–Crippen MR) is 189 cm³/mol. The van der Waals surface area contributed by atoms with Crippen LogP contribution in [0.3, 0.4) is 0 Å². The average Bonchev–Trinajstić information content (AvgIpc) is 3.45. The Labute approximate surface area is 283 Å². The maximum atomic E-state index is 13.7. The Kier molecular flexibility index (Phi) is 13.8. The number of fused-ring (bicyclic) bond motifs is 3. The van der Waals surface area contributed by atoms with Gasteiger partial charge in [0.05, 0.1) is 6.61 Å². The first kappa shape index (κ1) is 35.9. The second-order valence-electron chi connectivity index (χ2n) is 11.5. The van der Waals surface area contributed by atoms with Crippen LogP contribution in [0.15, 0.2) is 108 Å². The van der Waals surface area contributed by atoms with E-state index in [0.29, 0.717) is 12.1 Å². The number of hydrogen-bond acceptors (Lipinski definition) is 6. The maximum Gasteiger partial charge on any atom is 0.246 e. The first-order valence-corrected chi connectivity index (χ1v) is 16.9. The minimum absolute atomic E-state index is 0.0904. The van der Waals surface area contributed by atoms with E-state index in [1.165, 1.54) is 0 Å². The lowest BCUT2D eigenvalue weighted by Crippen LogP contribution is -2.48. The zero-order valence-corrected chi connectivity index (χ0v) is 28.0. The van der Waals surface area contributed by atoms with Gasteiger partial charge in [-0.15, -0.1) is 0 Å². The Bertz CT molecular complexity index is 1590. The van der Waals surface area contributed by atoms with Gasteiger partial charge in [-0.2, -0.15) is 0 Å². The number of aliphatic imine (C=N–C) groups is 1. The second-order valence-corrected chi connectivity index (χ2v) is 11.5. The normalized spacial score (nSPS) is 13.3. The first-order chi connectivity index (χ1) is 23.5. The van der Waals surface area contributed by atoms with Crippen molar-refractivity contribution in [3.8, 4) is 11.1 Å². The molecule has 1 aliphatic carbocycles. The van der Waals surface area contributed by atoms with Crippen molar-refractivity contribution < 1.29 is 24.5 Å². The van der Waals surface area contributed by atoms with Gasteiger partial charge in [0.2, 0.25) is 11.8 Å². The number of aliphatic hydroxyl groups is 1. The molecule has 8 heteroatoms. The van der Waals surface area contributed by atoms with Crippen LogP contribution in [0, 0.1) is 0 Å². The molecular formula is C40H46N3O5-. The molecular weight excluding hydrogens is 602 g/mol. The Morgan fingerprint density at radius 1 is 0.812 bits per heavy atom. The summed E-state index contributed by atoms with van der Waals surface area (Å²) in [5.74, 6) is -1.02. The van der Waals surface area contributed by atoms with E-state index < -0.39 is 24.1 Å². The number of unbranched alkanes of at least 4 members (excludes halogenated alkanes) is 2. The molecule has 5 rings (SSSR count). The molecule has 0 fully saturated rings. The number of aliphatic hydroxyl groups excluding tert-OH is 1. The fourth-order valence-corrected chi connectivity index (χ4v) is 5.85. The van der Waals surface area contributed by atoms with Gasteiger partial charge < -0.3 is 25.6 Å². The fourth-order valence-electron chi connectivity index (χ4n) is 5.85. The summed E-state index contributed by atoms with van der Waals surface area (Å²) < 4.78 is 5.71. The topological polar surface area (TPSA) is 123 Å². The fraction of sp³-hybridized carbons (Fsp3) is 0.325. The number of ether oxygens (including phenoxy) is 1. The number of anilines is 1. The van der Waals surface area contributed by atoms with Gasteiger partial charge in [-0.1, -0.05) is 131 Å². The molecule has 0 aromatic heterocycles. The molecule has 0 unspecified atom stereocenters. The van der Waals surface area contributed by atoms with E-state index in [1.807, 2.05) is 80.6 Å². The van der Waals surface area contributed by atoms with Gasteiger partial charge >= 0.3 is 0 Å². The molecule has 4 aromatic carbocycles. The number of benzene rings is 4. The van der Waals surface area contributed by atoms with Crippen molar-refractivity contribution >= 4 is 23.6 Å². The van der Waals surface area contributed by atoms with Crippen molar-refractivity contribution in [1.29, 1.82) is 0 Å². The molecule has 0 saturated carbocycles. The Hall–Kier alpha value is -4.95. The van der Waals surface area contributed by atoms with E-state index >= 15 is 0 Å². The van der Waals surface area contributed by atoms with Crippen molar-refractivity contribution in [3.05, 3.63) is 125 Å². The molecule has 0 spiro atoms. The lowest BCUT2D eigenvalue weighted by atomic mass is 9.98. The smallest absolute Gasteiger partial charge is 0.246 e. The third kappa shape index (κ3) is 9.55. The Morgan fingerprint density at radius 3 is 2.02 bits per heavy atom. The van der Waals surface area contributed by atoms with Gasteiger partial charge in [-0.3, -0.25) is 14.6 Å². The number of nitrogens with zero attached hydrogens (tertiary/aromatic N) is 1. The van der Waals surface area contributed by atoms with Crippen molar-refractivity contribution in [2.75, 3.05) is 11.9 Å². The van der Waals surface area contributed by atoms with Crippen molar-refractivity contribution in [2.24, 2.45) is 4.99 Å². The molecule has 4 aromatic rings. The molecule has 1 aliphatic rings. The monoisotopic (exact) mass is 648 g/mol. The van der Waals surface area contributed by atoms with Crippen molar-refractivity contribution in [2.45, 2.75) is 77.5 Å². The molecule has 0 saturated heterocycles. The van der Waals surface area contributed by atoms with E-state index in [0.717, 1.165) is 52.6 Å².